The number of rotatable bonds is 0. The number of nitrogens with one attached hydrogen (secondary N) is 1. The normalized spacial score (nSPS) is 31.4. The zero-order chi connectivity index (χ0) is 13.9. The van der Waals surface area contributed by atoms with Gasteiger partial charge in [0.1, 0.15) is 17.5 Å². The van der Waals surface area contributed by atoms with Crippen molar-refractivity contribution in [3.8, 4) is 0 Å². The maximum atomic E-state index is 13.9. The van der Waals surface area contributed by atoms with Crippen molar-refractivity contribution in [2.45, 2.75) is 44.2 Å². The molecule has 0 radical (unpaired) electrons. The lowest BCUT2D eigenvalue weighted by molar-refractivity contribution is -0.117. The molecule has 1 amide bonds. The van der Waals surface area contributed by atoms with E-state index >= 15 is 0 Å². The molecule has 0 aromatic heterocycles. The Kier molecular flexibility index (Phi) is 2.53. The van der Waals surface area contributed by atoms with Crippen LogP contribution in [-0.2, 0) is 4.79 Å². The van der Waals surface area contributed by atoms with E-state index in [0.29, 0.717) is 11.6 Å². The molecule has 3 atom stereocenters. The summed E-state index contributed by atoms with van der Waals surface area (Å²) < 4.78 is 27.5. The van der Waals surface area contributed by atoms with Gasteiger partial charge in [0.2, 0.25) is 5.91 Å². The third kappa shape index (κ3) is 1.58. The molecule has 0 spiro atoms. The van der Waals surface area contributed by atoms with Crippen LogP contribution in [0.4, 0.5) is 20.2 Å². The topological polar surface area (TPSA) is 32.3 Å². The molecule has 3 aliphatic rings. The number of nitrogens with zero attached hydrogens (tertiary/aromatic N) is 1. The van der Waals surface area contributed by atoms with Crippen LogP contribution in [-0.4, -0.2) is 18.0 Å². The highest BCUT2D eigenvalue weighted by atomic mass is 19.1. The number of carbonyl (C=O) groups excluding carboxylic acids is 1. The molecule has 5 heteroatoms. The first-order chi connectivity index (χ1) is 9.65. The van der Waals surface area contributed by atoms with Crippen molar-refractivity contribution in [1.82, 2.24) is 0 Å². The van der Waals surface area contributed by atoms with Gasteiger partial charge in [-0.15, -0.1) is 0 Å². The van der Waals surface area contributed by atoms with Gasteiger partial charge in [0.05, 0.1) is 5.69 Å². The molecule has 1 aromatic carbocycles. The maximum Gasteiger partial charge on any atom is 0.247 e. The molecule has 1 aromatic rings. The lowest BCUT2D eigenvalue weighted by Gasteiger charge is -2.39. The first-order valence-electron chi connectivity index (χ1n) is 7.23. The molecule has 1 saturated carbocycles. The Hall–Kier alpha value is -1.65. The van der Waals surface area contributed by atoms with E-state index in [0.717, 1.165) is 31.7 Å². The summed E-state index contributed by atoms with van der Waals surface area (Å²) in [5.41, 5.74) is 0.653. The van der Waals surface area contributed by atoms with Crippen molar-refractivity contribution in [3.05, 3.63) is 23.8 Å². The lowest BCUT2D eigenvalue weighted by Crippen LogP contribution is -2.48. The quantitative estimate of drug-likeness (QED) is 0.791. The molecule has 4 rings (SSSR count). The Bertz CT molecular complexity index is 589. The van der Waals surface area contributed by atoms with Crippen molar-refractivity contribution >= 4 is 17.3 Å². The molecule has 2 fully saturated rings. The fraction of sp³-hybridized carbons (Fsp3) is 0.533. The molecule has 2 aliphatic heterocycles. The van der Waals surface area contributed by atoms with Gasteiger partial charge in [-0.2, -0.15) is 0 Å². The fourth-order valence-electron chi connectivity index (χ4n) is 4.13. The summed E-state index contributed by atoms with van der Waals surface area (Å²) in [6.07, 6.45) is 5.23. The van der Waals surface area contributed by atoms with Crippen molar-refractivity contribution in [1.29, 1.82) is 0 Å². The molecular formula is C15H16F2N2O. The van der Waals surface area contributed by atoms with Crippen molar-refractivity contribution < 1.29 is 13.6 Å². The monoisotopic (exact) mass is 278 g/mol. The number of hydrogen-bond acceptors (Lipinski definition) is 2. The zero-order valence-electron chi connectivity index (χ0n) is 11.0. The van der Waals surface area contributed by atoms with Gasteiger partial charge in [0.15, 0.2) is 5.82 Å². The summed E-state index contributed by atoms with van der Waals surface area (Å²) in [7, 11) is 0. The number of fused-ring (bicyclic) bond motifs is 5. The molecule has 3 nitrogen and oxygen atoms in total. The van der Waals surface area contributed by atoms with E-state index in [2.05, 4.69) is 5.32 Å². The van der Waals surface area contributed by atoms with Gasteiger partial charge >= 0.3 is 0 Å². The smallest absolute Gasteiger partial charge is 0.247 e. The summed E-state index contributed by atoms with van der Waals surface area (Å²) in [6.45, 7) is 0. The molecule has 2 heterocycles. The minimum atomic E-state index is -0.689. The first-order valence-corrected chi connectivity index (χ1v) is 7.23. The van der Waals surface area contributed by atoms with Crippen LogP contribution in [0.3, 0.4) is 0 Å². The van der Waals surface area contributed by atoms with Crippen LogP contribution in [0.5, 0.6) is 0 Å². The SMILES string of the molecule is O=C1Nc2c(F)cc(F)cc2N2C1CC1CCCCC12. The Balaban J connectivity index is 1.85. The predicted molar refractivity (Wildman–Crippen MR) is 71.6 cm³/mol. The number of amides is 1. The van der Waals surface area contributed by atoms with Crippen LogP contribution in [0.25, 0.3) is 0 Å². The van der Waals surface area contributed by atoms with Crippen LogP contribution >= 0.6 is 0 Å². The molecule has 20 heavy (non-hydrogen) atoms. The third-order valence-corrected chi connectivity index (χ3v) is 4.95. The van der Waals surface area contributed by atoms with Crippen LogP contribution < -0.4 is 10.2 Å². The summed E-state index contributed by atoms with van der Waals surface area (Å²) in [4.78, 5) is 14.2. The van der Waals surface area contributed by atoms with Gasteiger partial charge < -0.3 is 10.2 Å². The van der Waals surface area contributed by atoms with E-state index in [1.54, 1.807) is 0 Å². The number of carbonyl (C=O) groups is 1. The van der Waals surface area contributed by atoms with Crippen LogP contribution in [0.15, 0.2) is 12.1 Å². The largest absolute Gasteiger partial charge is 0.354 e. The van der Waals surface area contributed by atoms with E-state index in [1.807, 2.05) is 4.90 Å². The minimum absolute atomic E-state index is 0.138. The minimum Gasteiger partial charge on any atom is -0.354 e. The second kappa shape index (κ2) is 4.17. The van der Waals surface area contributed by atoms with E-state index < -0.39 is 11.6 Å². The number of anilines is 2. The van der Waals surface area contributed by atoms with Crippen LogP contribution in [0.1, 0.15) is 32.1 Å². The third-order valence-electron chi connectivity index (χ3n) is 4.95. The highest BCUT2D eigenvalue weighted by Gasteiger charge is 2.48. The van der Waals surface area contributed by atoms with Gasteiger partial charge in [-0.25, -0.2) is 8.78 Å². The lowest BCUT2D eigenvalue weighted by atomic mass is 9.84. The summed E-state index contributed by atoms with van der Waals surface area (Å²) >= 11 is 0. The molecule has 106 valence electrons. The van der Waals surface area contributed by atoms with Crippen LogP contribution in [0, 0.1) is 17.6 Å². The van der Waals surface area contributed by atoms with E-state index in [4.69, 9.17) is 0 Å². The Morgan fingerprint density at radius 3 is 2.85 bits per heavy atom. The molecule has 1 saturated heterocycles. The average Bonchev–Trinajstić information content (AvgIpc) is 2.81. The standard InChI is InChI=1S/C15H16F2N2O/c16-9-6-10(17)14-12(7-9)19-11-4-2-1-3-8(11)5-13(19)15(20)18-14/h6-8,11,13H,1-5H2,(H,18,20). The van der Waals surface area contributed by atoms with Gasteiger partial charge in [0, 0.05) is 12.1 Å². The first kappa shape index (κ1) is 12.1. The van der Waals surface area contributed by atoms with Crippen molar-refractivity contribution in [2.75, 3.05) is 10.2 Å². The summed E-state index contributed by atoms with van der Waals surface area (Å²) in [5, 5.41) is 2.61. The van der Waals surface area contributed by atoms with Crippen LogP contribution in [0.2, 0.25) is 0 Å². The molecule has 1 N–H and O–H groups in total. The second-order valence-corrected chi connectivity index (χ2v) is 6.04. The van der Waals surface area contributed by atoms with Crippen molar-refractivity contribution in [3.63, 3.8) is 0 Å². The average molecular weight is 278 g/mol. The van der Waals surface area contributed by atoms with E-state index in [9.17, 15) is 13.6 Å². The fourth-order valence-corrected chi connectivity index (χ4v) is 4.13. The number of halogens is 2. The summed E-state index contributed by atoms with van der Waals surface area (Å²) in [5.74, 6) is -0.962. The Morgan fingerprint density at radius 2 is 2.00 bits per heavy atom. The highest BCUT2D eigenvalue weighted by molar-refractivity contribution is 6.04. The molecule has 0 bridgehead atoms. The maximum absolute atomic E-state index is 13.9. The number of hydrogen-bond donors (Lipinski definition) is 1. The molecule has 3 unspecified atom stereocenters. The zero-order valence-corrected chi connectivity index (χ0v) is 11.0. The Morgan fingerprint density at radius 1 is 1.20 bits per heavy atom. The Labute approximate surface area is 116 Å². The van der Waals surface area contributed by atoms with E-state index in [1.165, 1.54) is 12.5 Å². The van der Waals surface area contributed by atoms with Gasteiger partial charge in [-0.05, 0) is 31.2 Å². The van der Waals surface area contributed by atoms with E-state index in [-0.39, 0.29) is 23.7 Å². The highest BCUT2D eigenvalue weighted by Crippen LogP contribution is 2.47. The summed E-state index contributed by atoms with van der Waals surface area (Å²) in [6, 6.07) is 2.16. The molecule has 1 aliphatic carbocycles. The van der Waals surface area contributed by atoms with Gasteiger partial charge in [0.25, 0.3) is 0 Å². The number of benzene rings is 1. The van der Waals surface area contributed by atoms with Crippen molar-refractivity contribution in [2.24, 2.45) is 5.92 Å². The van der Waals surface area contributed by atoms with Gasteiger partial charge in [-0.1, -0.05) is 12.8 Å². The predicted octanol–water partition coefficient (Wildman–Crippen LogP) is 3.05. The second-order valence-electron chi connectivity index (χ2n) is 6.04. The van der Waals surface area contributed by atoms with Gasteiger partial charge in [-0.3, -0.25) is 4.79 Å². The molecular weight excluding hydrogens is 262 g/mol.